The molecule has 1 aromatic carbocycles. The Labute approximate surface area is 189 Å². The molecule has 2 bridgehead atoms. The second-order valence-electron chi connectivity index (χ2n) is 10.0. The molecule has 4 aliphatic rings. The molecule has 3 heterocycles. The molecule has 0 unspecified atom stereocenters. The highest BCUT2D eigenvalue weighted by Crippen LogP contribution is 2.47. The van der Waals surface area contributed by atoms with Gasteiger partial charge in [-0.2, -0.15) is 5.26 Å². The Kier molecular flexibility index (Phi) is 5.66. The third-order valence-electron chi connectivity index (χ3n) is 8.04. The summed E-state index contributed by atoms with van der Waals surface area (Å²) in [5.74, 6) is 0.134. The van der Waals surface area contributed by atoms with E-state index in [1.807, 2.05) is 19.1 Å². The van der Waals surface area contributed by atoms with Crippen LogP contribution < -0.4 is 0 Å². The summed E-state index contributed by atoms with van der Waals surface area (Å²) in [6.45, 7) is 3.90. The largest absolute Gasteiger partial charge is 0.330 e. The number of rotatable bonds is 6. The van der Waals surface area contributed by atoms with E-state index in [-0.39, 0.29) is 47.7 Å². The number of hydrogen-bond acceptors (Lipinski definition) is 4. The summed E-state index contributed by atoms with van der Waals surface area (Å²) in [5, 5.41) is 9.31. The van der Waals surface area contributed by atoms with Crippen LogP contribution in [0.4, 0.5) is 4.39 Å². The van der Waals surface area contributed by atoms with E-state index < -0.39 is 0 Å². The molecule has 1 saturated carbocycles. The van der Waals surface area contributed by atoms with E-state index in [0.717, 1.165) is 44.2 Å². The molecule has 0 radical (unpaired) electrons. The van der Waals surface area contributed by atoms with Crippen LogP contribution in [-0.4, -0.2) is 64.3 Å². The van der Waals surface area contributed by atoms with Crippen LogP contribution in [0.3, 0.4) is 0 Å². The van der Waals surface area contributed by atoms with Gasteiger partial charge in [-0.1, -0.05) is 25.5 Å². The fourth-order valence-electron chi connectivity index (χ4n) is 6.21. The van der Waals surface area contributed by atoms with E-state index in [9.17, 15) is 19.2 Å². The van der Waals surface area contributed by atoms with Gasteiger partial charge in [0, 0.05) is 31.6 Å². The maximum Gasteiger partial charge on any atom is 0.240 e. The Bertz CT molecular complexity index is 925. The SMILES string of the molecule is C[C@@H](CN1C[C@@H]2C[C@H]1C(=O)N2[C@H](c1ccc(F)cc1)C1CCC1)C(=O)N1CCC[C@H]1C#N. The average Bonchev–Trinajstić information content (AvgIpc) is 3.45. The summed E-state index contributed by atoms with van der Waals surface area (Å²) in [6.07, 6.45) is 5.83. The number of halogens is 1. The van der Waals surface area contributed by atoms with Gasteiger partial charge in [0.25, 0.3) is 0 Å². The van der Waals surface area contributed by atoms with E-state index in [2.05, 4.69) is 15.9 Å². The number of benzene rings is 1. The highest BCUT2D eigenvalue weighted by atomic mass is 19.1. The molecule has 0 spiro atoms. The van der Waals surface area contributed by atoms with Crippen molar-refractivity contribution < 1.29 is 14.0 Å². The lowest BCUT2D eigenvalue weighted by Crippen LogP contribution is -2.54. The zero-order chi connectivity index (χ0) is 22.4. The van der Waals surface area contributed by atoms with Gasteiger partial charge in [-0.15, -0.1) is 0 Å². The molecule has 5 rings (SSSR count). The third kappa shape index (κ3) is 3.59. The number of nitriles is 1. The summed E-state index contributed by atoms with van der Waals surface area (Å²) in [4.78, 5) is 32.4. The zero-order valence-corrected chi connectivity index (χ0v) is 18.6. The molecule has 32 heavy (non-hydrogen) atoms. The zero-order valence-electron chi connectivity index (χ0n) is 18.6. The molecule has 1 aromatic rings. The van der Waals surface area contributed by atoms with Crippen molar-refractivity contribution in [1.82, 2.24) is 14.7 Å². The van der Waals surface area contributed by atoms with Gasteiger partial charge in [0.05, 0.1) is 18.2 Å². The lowest BCUT2D eigenvalue weighted by molar-refractivity contribution is -0.144. The molecule has 5 atom stereocenters. The second kappa shape index (κ2) is 8.47. The monoisotopic (exact) mass is 438 g/mol. The van der Waals surface area contributed by atoms with Gasteiger partial charge < -0.3 is 9.80 Å². The minimum Gasteiger partial charge on any atom is -0.330 e. The van der Waals surface area contributed by atoms with Crippen molar-refractivity contribution in [2.75, 3.05) is 19.6 Å². The summed E-state index contributed by atoms with van der Waals surface area (Å²) >= 11 is 0. The van der Waals surface area contributed by atoms with Crippen LogP contribution in [0.2, 0.25) is 0 Å². The molecule has 3 aliphatic heterocycles. The van der Waals surface area contributed by atoms with E-state index in [1.165, 1.54) is 18.6 Å². The minimum atomic E-state index is -0.309. The fraction of sp³-hybridized carbons (Fsp3) is 0.640. The Morgan fingerprint density at radius 2 is 1.97 bits per heavy atom. The number of nitrogens with zero attached hydrogens (tertiary/aromatic N) is 4. The smallest absolute Gasteiger partial charge is 0.240 e. The maximum atomic E-state index is 13.5. The molecule has 4 fully saturated rings. The van der Waals surface area contributed by atoms with Crippen LogP contribution in [0, 0.1) is 29.0 Å². The van der Waals surface area contributed by atoms with Crippen LogP contribution in [0.25, 0.3) is 0 Å². The first-order valence-corrected chi connectivity index (χ1v) is 12.0. The predicted octanol–water partition coefficient (Wildman–Crippen LogP) is 3.10. The van der Waals surface area contributed by atoms with Gasteiger partial charge >= 0.3 is 0 Å². The molecule has 1 aliphatic carbocycles. The molecule has 0 aromatic heterocycles. The van der Waals surface area contributed by atoms with Gasteiger partial charge in [-0.25, -0.2) is 4.39 Å². The van der Waals surface area contributed by atoms with Gasteiger partial charge in [0.1, 0.15) is 11.9 Å². The van der Waals surface area contributed by atoms with E-state index in [1.54, 1.807) is 4.90 Å². The Morgan fingerprint density at radius 3 is 2.59 bits per heavy atom. The molecule has 0 N–H and O–H groups in total. The van der Waals surface area contributed by atoms with Crippen LogP contribution in [0.15, 0.2) is 24.3 Å². The number of carbonyl (C=O) groups is 2. The summed E-state index contributed by atoms with van der Waals surface area (Å²) in [7, 11) is 0. The summed E-state index contributed by atoms with van der Waals surface area (Å²) in [5.41, 5.74) is 1.03. The number of fused-ring (bicyclic) bond motifs is 2. The number of carbonyl (C=O) groups excluding carboxylic acids is 2. The van der Waals surface area contributed by atoms with Crippen molar-refractivity contribution in [1.29, 1.82) is 5.26 Å². The normalized spacial score (nSPS) is 29.8. The van der Waals surface area contributed by atoms with E-state index >= 15 is 0 Å². The van der Waals surface area contributed by atoms with Crippen LogP contribution in [0.5, 0.6) is 0 Å². The standard InChI is InChI=1S/C25H31FN4O2/c1-16(24(31)29-11-3-6-20(29)13-27)14-28-15-21-12-22(28)25(32)30(21)23(17-4-2-5-17)18-7-9-19(26)10-8-18/h7-10,16-17,20-23H,2-6,11-12,14-15H2,1H3/t16-,20-,21-,22-,23-/m0/s1. The third-order valence-corrected chi connectivity index (χ3v) is 8.04. The van der Waals surface area contributed by atoms with Gasteiger partial charge in [-0.3, -0.25) is 14.5 Å². The molecule has 6 nitrogen and oxygen atoms in total. The van der Waals surface area contributed by atoms with Crippen LogP contribution in [-0.2, 0) is 9.59 Å². The highest BCUT2D eigenvalue weighted by molar-refractivity contribution is 5.86. The molecular weight excluding hydrogens is 407 g/mol. The molecule has 3 saturated heterocycles. The number of amides is 2. The Hall–Kier alpha value is -2.46. The lowest BCUT2D eigenvalue weighted by atomic mass is 9.76. The van der Waals surface area contributed by atoms with Crippen LogP contribution >= 0.6 is 0 Å². The van der Waals surface area contributed by atoms with Crippen molar-refractivity contribution in [2.24, 2.45) is 11.8 Å². The van der Waals surface area contributed by atoms with Crippen LogP contribution in [0.1, 0.15) is 57.1 Å². The maximum absolute atomic E-state index is 13.5. The van der Waals surface area contributed by atoms with Crippen molar-refractivity contribution >= 4 is 11.8 Å². The van der Waals surface area contributed by atoms with Crippen molar-refractivity contribution in [2.45, 2.75) is 69.6 Å². The Morgan fingerprint density at radius 1 is 1.22 bits per heavy atom. The highest BCUT2D eigenvalue weighted by Gasteiger charge is 2.53. The van der Waals surface area contributed by atoms with Gasteiger partial charge in [0.2, 0.25) is 11.8 Å². The van der Waals surface area contributed by atoms with Crippen molar-refractivity contribution in [3.05, 3.63) is 35.6 Å². The van der Waals surface area contributed by atoms with E-state index in [4.69, 9.17) is 0 Å². The number of likely N-dealkylation sites (tertiary alicyclic amines) is 3. The molecule has 7 heteroatoms. The van der Waals surface area contributed by atoms with Gasteiger partial charge in [0.15, 0.2) is 0 Å². The number of hydrogen-bond donors (Lipinski definition) is 0. The average molecular weight is 439 g/mol. The Balaban J connectivity index is 1.28. The van der Waals surface area contributed by atoms with E-state index in [0.29, 0.717) is 19.0 Å². The summed E-state index contributed by atoms with van der Waals surface area (Å²) < 4.78 is 13.5. The quantitative estimate of drug-likeness (QED) is 0.685. The minimum absolute atomic E-state index is 0.0223. The van der Waals surface area contributed by atoms with Crippen molar-refractivity contribution in [3.63, 3.8) is 0 Å². The van der Waals surface area contributed by atoms with Gasteiger partial charge in [-0.05, 0) is 55.7 Å². The fourth-order valence-corrected chi connectivity index (χ4v) is 6.21. The number of piperazine rings is 1. The first kappa shape index (κ1) is 21.4. The molecular formula is C25H31FN4O2. The summed E-state index contributed by atoms with van der Waals surface area (Å²) in [6, 6.07) is 8.57. The predicted molar refractivity (Wildman–Crippen MR) is 117 cm³/mol. The second-order valence-corrected chi connectivity index (χ2v) is 10.0. The first-order chi connectivity index (χ1) is 15.5. The topological polar surface area (TPSA) is 67.7 Å². The molecule has 2 amide bonds. The van der Waals surface area contributed by atoms with Crippen molar-refractivity contribution in [3.8, 4) is 6.07 Å². The lowest BCUT2D eigenvalue weighted by Gasteiger charge is -2.45. The first-order valence-electron chi connectivity index (χ1n) is 12.0. The molecule has 170 valence electrons.